The van der Waals surface area contributed by atoms with Gasteiger partial charge in [-0.15, -0.1) is 0 Å². The monoisotopic (exact) mass is 303 g/mol. The molecule has 0 saturated carbocycles. The molecule has 0 aliphatic rings. The second kappa shape index (κ2) is 5.51. The summed E-state index contributed by atoms with van der Waals surface area (Å²) < 4.78 is 14.9. The molecule has 2 aromatic carbocycles. The lowest BCUT2D eigenvalue weighted by Gasteiger charge is -2.08. The molecule has 2 nitrogen and oxygen atoms in total. The summed E-state index contributed by atoms with van der Waals surface area (Å²) in [6, 6.07) is 14.1. The van der Waals surface area contributed by atoms with Crippen molar-refractivity contribution in [1.82, 2.24) is 4.57 Å². The Labute approximate surface area is 127 Å². The number of aliphatic hydroxyl groups excluding tert-OH is 1. The van der Waals surface area contributed by atoms with E-state index >= 15 is 0 Å². The van der Waals surface area contributed by atoms with Crippen molar-refractivity contribution in [3.63, 3.8) is 0 Å². The number of rotatable bonds is 3. The van der Waals surface area contributed by atoms with Crippen molar-refractivity contribution < 1.29 is 9.50 Å². The van der Waals surface area contributed by atoms with E-state index in [-0.39, 0.29) is 5.82 Å². The van der Waals surface area contributed by atoms with Crippen molar-refractivity contribution >= 4 is 22.5 Å². The molecule has 108 valence electrons. The van der Waals surface area contributed by atoms with Gasteiger partial charge in [-0.25, -0.2) is 4.39 Å². The molecule has 3 rings (SSSR count). The fraction of sp³-hybridized carbons (Fsp3) is 0.176. The van der Waals surface area contributed by atoms with Gasteiger partial charge in [-0.2, -0.15) is 0 Å². The fourth-order valence-corrected chi connectivity index (χ4v) is 3.03. The largest absolute Gasteiger partial charge is 0.389 e. The number of halogens is 2. The molecular formula is C17H15ClFNO. The average molecular weight is 304 g/mol. The molecule has 1 aromatic heterocycles. The molecule has 0 fully saturated rings. The van der Waals surface area contributed by atoms with E-state index in [1.54, 1.807) is 19.1 Å². The third-order valence-electron chi connectivity index (χ3n) is 3.62. The van der Waals surface area contributed by atoms with Gasteiger partial charge in [0.2, 0.25) is 0 Å². The predicted molar refractivity (Wildman–Crippen MR) is 83.1 cm³/mol. The average Bonchev–Trinajstić information content (AvgIpc) is 2.74. The van der Waals surface area contributed by atoms with E-state index < -0.39 is 6.10 Å². The summed E-state index contributed by atoms with van der Waals surface area (Å²) in [5.41, 5.74) is 2.65. The Hall–Kier alpha value is -1.84. The van der Waals surface area contributed by atoms with Crippen LogP contribution in [0.4, 0.5) is 4.39 Å². The summed E-state index contributed by atoms with van der Waals surface area (Å²) in [5, 5.41) is 11.4. The highest BCUT2D eigenvalue weighted by Crippen LogP contribution is 2.34. The van der Waals surface area contributed by atoms with Crippen LogP contribution in [0.3, 0.4) is 0 Å². The molecule has 4 heteroatoms. The Kier molecular flexibility index (Phi) is 3.70. The third-order valence-corrected chi connectivity index (χ3v) is 4.02. The van der Waals surface area contributed by atoms with Crippen LogP contribution in [-0.4, -0.2) is 9.67 Å². The Balaban J connectivity index is 2.14. The number of hydrogen-bond donors (Lipinski definition) is 1. The van der Waals surface area contributed by atoms with Crippen LogP contribution in [0.1, 0.15) is 24.2 Å². The minimum atomic E-state index is -0.642. The summed E-state index contributed by atoms with van der Waals surface area (Å²) >= 11 is 6.46. The van der Waals surface area contributed by atoms with Gasteiger partial charge in [0.25, 0.3) is 0 Å². The fourth-order valence-electron chi connectivity index (χ4n) is 2.62. The first kappa shape index (κ1) is 14.1. The Morgan fingerprint density at radius 1 is 1.14 bits per heavy atom. The topological polar surface area (TPSA) is 25.2 Å². The zero-order valence-corrected chi connectivity index (χ0v) is 12.3. The maximum absolute atomic E-state index is 13.0. The first-order chi connectivity index (χ1) is 10.1. The van der Waals surface area contributed by atoms with Crippen LogP contribution in [0.25, 0.3) is 10.9 Å². The molecule has 0 spiro atoms. The molecule has 0 aliphatic carbocycles. The van der Waals surface area contributed by atoms with Crippen LogP contribution in [-0.2, 0) is 6.54 Å². The van der Waals surface area contributed by atoms with Gasteiger partial charge in [-0.1, -0.05) is 41.9 Å². The lowest BCUT2D eigenvalue weighted by Crippen LogP contribution is -2.00. The number of para-hydroxylation sites is 1. The summed E-state index contributed by atoms with van der Waals surface area (Å²) in [6.07, 6.45) is -0.642. The lowest BCUT2D eigenvalue weighted by molar-refractivity contribution is 0.200. The summed E-state index contributed by atoms with van der Waals surface area (Å²) in [6.45, 7) is 2.24. The van der Waals surface area contributed by atoms with E-state index in [1.807, 2.05) is 28.8 Å². The second-order valence-corrected chi connectivity index (χ2v) is 5.47. The normalized spacial score (nSPS) is 12.8. The molecule has 0 bridgehead atoms. The number of aliphatic hydroxyl groups is 1. The Bertz CT molecular complexity index is 777. The molecule has 1 unspecified atom stereocenters. The predicted octanol–water partition coefficient (Wildman–Crippen LogP) is 4.54. The first-order valence-electron chi connectivity index (χ1n) is 6.77. The molecule has 21 heavy (non-hydrogen) atoms. The summed E-state index contributed by atoms with van der Waals surface area (Å²) in [7, 11) is 0. The van der Waals surface area contributed by atoms with Crippen molar-refractivity contribution in [1.29, 1.82) is 0 Å². The van der Waals surface area contributed by atoms with Gasteiger partial charge in [0.15, 0.2) is 0 Å². The van der Waals surface area contributed by atoms with Crippen LogP contribution in [0, 0.1) is 5.82 Å². The molecule has 0 aliphatic heterocycles. The van der Waals surface area contributed by atoms with Gasteiger partial charge in [0.05, 0.1) is 6.10 Å². The minimum Gasteiger partial charge on any atom is -0.389 e. The highest BCUT2D eigenvalue weighted by atomic mass is 35.5. The van der Waals surface area contributed by atoms with Gasteiger partial charge < -0.3 is 9.67 Å². The number of aromatic nitrogens is 1. The highest BCUT2D eigenvalue weighted by molar-refractivity contribution is 6.32. The maximum Gasteiger partial charge on any atom is 0.123 e. The molecule has 0 saturated heterocycles. The van der Waals surface area contributed by atoms with Crippen molar-refractivity contribution in [2.24, 2.45) is 0 Å². The first-order valence-corrected chi connectivity index (χ1v) is 7.15. The lowest BCUT2D eigenvalue weighted by atomic mass is 10.1. The van der Waals surface area contributed by atoms with Crippen LogP contribution >= 0.6 is 11.6 Å². The Morgan fingerprint density at radius 2 is 1.81 bits per heavy atom. The molecule has 1 atom stereocenters. The quantitative estimate of drug-likeness (QED) is 0.755. The highest BCUT2D eigenvalue weighted by Gasteiger charge is 2.18. The smallest absolute Gasteiger partial charge is 0.123 e. The molecule has 0 radical (unpaired) electrons. The second-order valence-electron chi connectivity index (χ2n) is 5.11. The third kappa shape index (κ3) is 2.55. The van der Waals surface area contributed by atoms with E-state index in [0.717, 1.165) is 22.0 Å². The number of hydrogen-bond acceptors (Lipinski definition) is 1. The van der Waals surface area contributed by atoms with Crippen molar-refractivity contribution in [2.75, 3.05) is 0 Å². The molecule has 1 N–H and O–H groups in total. The standard InChI is InChI=1S/C17H15ClFNO/c1-11(21)16-14-4-2-3-5-15(14)20(17(16)18)10-12-6-8-13(19)9-7-12/h2-9,11,21H,10H2,1H3. The van der Waals surface area contributed by atoms with Gasteiger partial charge in [0, 0.05) is 23.0 Å². The van der Waals surface area contributed by atoms with Crippen molar-refractivity contribution in [3.05, 3.63) is 70.6 Å². The zero-order chi connectivity index (χ0) is 15.0. The maximum atomic E-state index is 13.0. The molecule has 0 amide bonds. The molecule has 3 aromatic rings. The number of nitrogens with zero attached hydrogens (tertiary/aromatic N) is 1. The van der Waals surface area contributed by atoms with Crippen LogP contribution in [0.2, 0.25) is 5.15 Å². The van der Waals surface area contributed by atoms with E-state index in [9.17, 15) is 9.50 Å². The SMILES string of the molecule is CC(O)c1c(Cl)n(Cc2ccc(F)cc2)c2ccccc12. The number of benzene rings is 2. The van der Waals surface area contributed by atoms with Crippen molar-refractivity contribution in [2.45, 2.75) is 19.6 Å². The van der Waals surface area contributed by atoms with Crippen LogP contribution in [0.5, 0.6) is 0 Å². The van der Waals surface area contributed by atoms with Gasteiger partial charge in [-0.3, -0.25) is 0 Å². The van der Waals surface area contributed by atoms with Crippen molar-refractivity contribution in [3.8, 4) is 0 Å². The van der Waals surface area contributed by atoms with Crippen LogP contribution in [0.15, 0.2) is 48.5 Å². The van der Waals surface area contributed by atoms with E-state index in [0.29, 0.717) is 11.7 Å². The molecular weight excluding hydrogens is 289 g/mol. The van der Waals surface area contributed by atoms with E-state index in [2.05, 4.69) is 0 Å². The van der Waals surface area contributed by atoms with E-state index in [4.69, 9.17) is 11.6 Å². The van der Waals surface area contributed by atoms with Gasteiger partial charge in [-0.05, 0) is 30.7 Å². The summed E-state index contributed by atoms with van der Waals surface area (Å²) in [4.78, 5) is 0. The summed E-state index contributed by atoms with van der Waals surface area (Å²) in [5.74, 6) is -0.258. The molecule has 1 heterocycles. The van der Waals surface area contributed by atoms with E-state index in [1.165, 1.54) is 12.1 Å². The minimum absolute atomic E-state index is 0.258. The van der Waals surface area contributed by atoms with Crippen LogP contribution < -0.4 is 0 Å². The zero-order valence-electron chi connectivity index (χ0n) is 11.6. The number of fused-ring (bicyclic) bond motifs is 1. The Morgan fingerprint density at radius 3 is 2.48 bits per heavy atom. The van der Waals surface area contributed by atoms with Gasteiger partial charge in [0.1, 0.15) is 11.0 Å². The van der Waals surface area contributed by atoms with Gasteiger partial charge >= 0.3 is 0 Å².